The van der Waals surface area contributed by atoms with Gasteiger partial charge in [-0.3, -0.25) is 16.3 Å². The Hall–Kier alpha value is -1.43. The zero-order chi connectivity index (χ0) is 13.7. The highest BCUT2D eigenvalue weighted by Crippen LogP contribution is 2.26. The maximum Gasteiger partial charge on any atom is 0.141 e. The van der Waals surface area contributed by atoms with Gasteiger partial charge in [-0.25, -0.2) is 4.39 Å². The molecule has 0 saturated carbocycles. The Morgan fingerprint density at radius 3 is 2.84 bits per heavy atom. The van der Waals surface area contributed by atoms with Crippen LogP contribution in [0, 0.1) is 12.7 Å². The molecule has 0 saturated heterocycles. The van der Waals surface area contributed by atoms with Crippen molar-refractivity contribution in [1.82, 2.24) is 10.4 Å². The van der Waals surface area contributed by atoms with E-state index in [9.17, 15) is 4.39 Å². The summed E-state index contributed by atoms with van der Waals surface area (Å²) in [7, 11) is 0. The largest absolute Gasteiger partial charge is 0.271 e. The summed E-state index contributed by atoms with van der Waals surface area (Å²) < 4.78 is 13.2. The van der Waals surface area contributed by atoms with E-state index in [0.29, 0.717) is 5.75 Å². The Morgan fingerprint density at radius 1 is 1.37 bits per heavy atom. The molecular weight excluding hydrogens is 261 g/mol. The number of aryl methyl sites for hydroxylation is 1. The van der Waals surface area contributed by atoms with E-state index < -0.39 is 0 Å². The molecule has 0 aliphatic rings. The minimum Gasteiger partial charge on any atom is -0.271 e. The maximum atomic E-state index is 13.2. The lowest BCUT2D eigenvalue weighted by Gasteiger charge is -2.16. The maximum absolute atomic E-state index is 13.2. The number of pyridine rings is 1. The van der Waals surface area contributed by atoms with Crippen molar-refractivity contribution in [2.24, 2.45) is 5.84 Å². The Morgan fingerprint density at radius 2 is 2.16 bits per heavy atom. The molecule has 0 amide bonds. The average Bonchev–Trinajstić information content (AvgIpc) is 2.41. The van der Waals surface area contributed by atoms with Gasteiger partial charge in [-0.1, -0.05) is 18.2 Å². The SMILES string of the molecule is Cc1ccccc1SCC(NN)c1cncc(F)c1. The summed E-state index contributed by atoms with van der Waals surface area (Å²) in [5, 5.41) is 0. The predicted octanol–water partition coefficient (Wildman–Crippen LogP) is 2.83. The first-order valence-electron chi connectivity index (χ1n) is 5.95. The molecule has 1 aromatic heterocycles. The molecule has 0 spiro atoms. The molecule has 3 nitrogen and oxygen atoms in total. The van der Waals surface area contributed by atoms with Crippen LogP contribution in [0.5, 0.6) is 0 Å². The summed E-state index contributed by atoms with van der Waals surface area (Å²) in [6.07, 6.45) is 2.82. The summed E-state index contributed by atoms with van der Waals surface area (Å²) in [6.45, 7) is 2.07. The van der Waals surface area contributed by atoms with Gasteiger partial charge in [0.05, 0.1) is 12.2 Å². The lowest BCUT2D eigenvalue weighted by atomic mass is 10.1. The first kappa shape index (κ1) is 14.0. The Kier molecular flexibility index (Phi) is 4.90. The van der Waals surface area contributed by atoms with E-state index in [2.05, 4.69) is 29.5 Å². The second-order valence-electron chi connectivity index (χ2n) is 4.23. The summed E-state index contributed by atoms with van der Waals surface area (Å²) in [5.41, 5.74) is 4.68. The number of halogens is 1. The molecule has 0 aliphatic heterocycles. The van der Waals surface area contributed by atoms with Gasteiger partial charge in [-0.05, 0) is 30.2 Å². The standard InChI is InChI=1S/C14H16FN3S/c1-10-4-2-3-5-14(10)19-9-13(18-16)11-6-12(15)8-17-7-11/h2-8,13,18H,9,16H2,1H3. The minimum absolute atomic E-state index is 0.132. The third-order valence-electron chi connectivity index (χ3n) is 2.83. The smallest absolute Gasteiger partial charge is 0.141 e. The highest BCUT2D eigenvalue weighted by atomic mass is 32.2. The average molecular weight is 277 g/mol. The zero-order valence-corrected chi connectivity index (χ0v) is 11.5. The Bertz CT molecular complexity index is 548. The van der Waals surface area contributed by atoms with E-state index >= 15 is 0 Å². The lowest BCUT2D eigenvalue weighted by Crippen LogP contribution is -2.29. The van der Waals surface area contributed by atoms with Gasteiger partial charge in [0.2, 0.25) is 0 Å². The molecule has 0 aliphatic carbocycles. The molecule has 0 bridgehead atoms. The number of hydrazine groups is 1. The normalized spacial score (nSPS) is 12.4. The van der Waals surface area contributed by atoms with Crippen molar-refractivity contribution >= 4 is 11.8 Å². The van der Waals surface area contributed by atoms with E-state index in [1.54, 1.807) is 18.0 Å². The number of nitrogens with two attached hydrogens (primary N) is 1. The first-order chi connectivity index (χ1) is 9.20. The number of aromatic nitrogens is 1. The van der Waals surface area contributed by atoms with E-state index in [0.717, 1.165) is 5.56 Å². The van der Waals surface area contributed by atoms with Crippen molar-refractivity contribution in [3.8, 4) is 0 Å². The molecule has 19 heavy (non-hydrogen) atoms. The van der Waals surface area contributed by atoms with Gasteiger partial charge in [0.25, 0.3) is 0 Å². The topological polar surface area (TPSA) is 50.9 Å². The zero-order valence-electron chi connectivity index (χ0n) is 10.6. The van der Waals surface area contributed by atoms with E-state index in [-0.39, 0.29) is 11.9 Å². The Balaban J connectivity index is 2.06. The molecule has 1 atom stereocenters. The molecule has 2 rings (SSSR count). The van der Waals surface area contributed by atoms with E-state index in [1.807, 2.05) is 12.1 Å². The summed E-state index contributed by atoms with van der Waals surface area (Å²) in [4.78, 5) is 5.05. The minimum atomic E-state index is -0.348. The quantitative estimate of drug-likeness (QED) is 0.501. The fourth-order valence-electron chi connectivity index (χ4n) is 1.75. The third kappa shape index (κ3) is 3.76. The number of nitrogens with one attached hydrogen (secondary N) is 1. The fraction of sp³-hybridized carbons (Fsp3) is 0.214. The Labute approximate surface area is 116 Å². The van der Waals surface area contributed by atoms with Gasteiger partial charge >= 0.3 is 0 Å². The molecule has 1 heterocycles. The van der Waals surface area contributed by atoms with E-state index in [4.69, 9.17) is 5.84 Å². The molecule has 5 heteroatoms. The number of thioether (sulfide) groups is 1. The second kappa shape index (κ2) is 6.65. The number of hydrogen-bond acceptors (Lipinski definition) is 4. The van der Waals surface area contributed by atoms with Gasteiger partial charge in [0, 0.05) is 16.8 Å². The molecule has 2 aromatic rings. The van der Waals surface area contributed by atoms with Gasteiger partial charge in [-0.2, -0.15) is 0 Å². The van der Waals surface area contributed by atoms with Crippen LogP contribution in [0.4, 0.5) is 4.39 Å². The van der Waals surface area contributed by atoms with Crippen LogP contribution >= 0.6 is 11.8 Å². The third-order valence-corrected chi connectivity index (χ3v) is 4.10. The second-order valence-corrected chi connectivity index (χ2v) is 5.29. The highest BCUT2D eigenvalue weighted by Gasteiger charge is 2.12. The van der Waals surface area contributed by atoms with Crippen molar-refractivity contribution in [3.05, 3.63) is 59.7 Å². The summed E-state index contributed by atoms with van der Waals surface area (Å²) in [5.74, 6) is 5.91. The van der Waals surface area contributed by atoms with Crippen LogP contribution in [0.15, 0.2) is 47.6 Å². The monoisotopic (exact) mass is 277 g/mol. The predicted molar refractivity (Wildman–Crippen MR) is 76.2 cm³/mol. The van der Waals surface area contributed by atoms with Crippen LogP contribution in [0.3, 0.4) is 0 Å². The van der Waals surface area contributed by atoms with Gasteiger partial charge in [0.15, 0.2) is 0 Å². The lowest BCUT2D eigenvalue weighted by molar-refractivity contribution is 0.585. The van der Waals surface area contributed by atoms with Crippen molar-refractivity contribution in [2.75, 3.05) is 5.75 Å². The number of nitrogens with zero attached hydrogens (tertiary/aromatic N) is 1. The van der Waals surface area contributed by atoms with Crippen LogP contribution in [0.25, 0.3) is 0 Å². The molecule has 1 unspecified atom stereocenters. The van der Waals surface area contributed by atoms with Crippen LogP contribution in [0.2, 0.25) is 0 Å². The summed E-state index contributed by atoms with van der Waals surface area (Å²) in [6, 6.07) is 9.47. The summed E-state index contributed by atoms with van der Waals surface area (Å²) >= 11 is 1.69. The molecule has 100 valence electrons. The van der Waals surface area contributed by atoms with Gasteiger partial charge < -0.3 is 0 Å². The number of benzene rings is 1. The van der Waals surface area contributed by atoms with Crippen LogP contribution in [-0.4, -0.2) is 10.7 Å². The van der Waals surface area contributed by atoms with Crippen LogP contribution in [-0.2, 0) is 0 Å². The highest BCUT2D eigenvalue weighted by molar-refractivity contribution is 7.99. The molecular formula is C14H16FN3S. The van der Waals surface area contributed by atoms with Crippen molar-refractivity contribution < 1.29 is 4.39 Å². The van der Waals surface area contributed by atoms with Crippen LogP contribution in [0.1, 0.15) is 17.2 Å². The number of rotatable bonds is 5. The molecule has 3 N–H and O–H groups in total. The van der Waals surface area contributed by atoms with Crippen molar-refractivity contribution in [3.63, 3.8) is 0 Å². The van der Waals surface area contributed by atoms with E-state index in [1.165, 1.54) is 22.7 Å². The van der Waals surface area contributed by atoms with Crippen LogP contribution < -0.4 is 11.3 Å². The fourth-order valence-corrected chi connectivity index (χ4v) is 2.86. The molecule has 1 aromatic carbocycles. The molecule has 0 radical (unpaired) electrons. The first-order valence-corrected chi connectivity index (χ1v) is 6.94. The van der Waals surface area contributed by atoms with Gasteiger partial charge in [-0.15, -0.1) is 11.8 Å². The van der Waals surface area contributed by atoms with Crippen molar-refractivity contribution in [2.45, 2.75) is 17.9 Å². The molecule has 0 fully saturated rings. The number of hydrogen-bond donors (Lipinski definition) is 2. The van der Waals surface area contributed by atoms with Gasteiger partial charge in [0.1, 0.15) is 5.82 Å². The van der Waals surface area contributed by atoms with Crippen molar-refractivity contribution in [1.29, 1.82) is 0 Å².